The van der Waals surface area contributed by atoms with Gasteiger partial charge in [0.05, 0.1) is 4.88 Å². The molecule has 3 N–H and O–H groups in total. The minimum atomic E-state index is -3.74. The van der Waals surface area contributed by atoms with E-state index in [-0.39, 0.29) is 10.1 Å². The van der Waals surface area contributed by atoms with Crippen LogP contribution in [-0.2, 0) is 10.0 Å². The summed E-state index contributed by atoms with van der Waals surface area (Å²) in [6, 6.07) is 1.44. The third-order valence-electron chi connectivity index (χ3n) is 3.31. The number of hydrogen-bond donors (Lipinski definition) is 2. The molecule has 2 rings (SSSR count). The van der Waals surface area contributed by atoms with Crippen molar-refractivity contribution in [3.05, 3.63) is 28.7 Å². The minimum absolute atomic E-state index is 0.0285. The van der Waals surface area contributed by atoms with E-state index in [0.717, 1.165) is 30.6 Å². The zero-order chi connectivity index (χ0) is 14.8. The smallest absolute Gasteiger partial charge is 0.261 e. The summed E-state index contributed by atoms with van der Waals surface area (Å²) in [5.41, 5.74) is 0.639. The zero-order valence-corrected chi connectivity index (χ0v) is 12.9. The molecule has 0 saturated carbocycles. The van der Waals surface area contributed by atoms with E-state index in [1.54, 1.807) is 6.92 Å². The van der Waals surface area contributed by atoms with E-state index >= 15 is 0 Å². The molecule has 0 bridgehead atoms. The SMILES string of the molecule is Cc1cc(S(N)(=O)=O)sc1C(=O)NCC1CC=CCC1. The summed E-state index contributed by atoms with van der Waals surface area (Å²) in [5.74, 6) is 0.235. The molecule has 110 valence electrons. The summed E-state index contributed by atoms with van der Waals surface area (Å²) >= 11 is 0.922. The van der Waals surface area contributed by atoms with Crippen molar-refractivity contribution >= 4 is 27.3 Å². The largest absolute Gasteiger partial charge is 0.351 e. The molecule has 1 atom stereocenters. The predicted molar refractivity (Wildman–Crippen MR) is 79.2 cm³/mol. The van der Waals surface area contributed by atoms with Gasteiger partial charge in [0.15, 0.2) is 0 Å². The third kappa shape index (κ3) is 3.68. The number of nitrogens with two attached hydrogens (primary N) is 1. The van der Waals surface area contributed by atoms with Crippen LogP contribution in [0.3, 0.4) is 0 Å². The van der Waals surface area contributed by atoms with Gasteiger partial charge in [-0.25, -0.2) is 13.6 Å². The first kappa shape index (κ1) is 15.2. The molecule has 1 amide bonds. The Morgan fingerprint density at radius 3 is 2.80 bits per heavy atom. The normalized spacial score (nSPS) is 19.0. The average Bonchev–Trinajstić information content (AvgIpc) is 2.79. The number of sulfonamides is 1. The number of allylic oxidation sites excluding steroid dienone is 2. The monoisotopic (exact) mass is 314 g/mol. The summed E-state index contributed by atoms with van der Waals surface area (Å²) in [6.45, 7) is 2.33. The number of amides is 1. The van der Waals surface area contributed by atoms with Crippen molar-refractivity contribution in [1.82, 2.24) is 5.32 Å². The van der Waals surface area contributed by atoms with Crippen LogP contribution in [0.15, 0.2) is 22.4 Å². The van der Waals surface area contributed by atoms with Crippen LogP contribution >= 0.6 is 11.3 Å². The summed E-state index contributed by atoms with van der Waals surface area (Å²) in [6.07, 6.45) is 7.39. The Balaban J connectivity index is 2.02. The fourth-order valence-electron chi connectivity index (χ4n) is 2.18. The number of nitrogens with one attached hydrogen (secondary N) is 1. The fraction of sp³-hybridized carbons (Fsp3) is 0.462. The van der Waals surface area contributed by atoms with E-state index in [9.17, 15) is 13.2 Å². The second-order valence-electron chi connectivity index (χ2n) is 4.98. The molecule has 7 heteroatoms. The van der Waals surface area contributed by atoms with Gasteiger partial charge >= 0.3 is 0 Å². The molecule has 0 radical (unpaired) electrons. The summed E-state index contributed by atoms with van der Waals surface area (Å²) in [7, 11) is -3.74. The molecule has 0 aromatic carbocycles. The van der Waals surface area contributed by atoms with E-state index in [4.69, 9.17) is 5.14 Å². The number of primary sulfonamides is 1. The van der Waals surface area contributed by atoms with Gasteiger partial charge in [-0.05, 0) is 43.7 Å². The summed E-state index contributed by atoms with van der Waals surface area (Å²) < 4.78 is 22.6. The average molecular weight is 314 g/mol. The maximum atomic E-state index is 12.1. The highest BCUT2D eigenvalue weighted by Gasteiger charge is 2.20. The molecule has 1 heterocycles. The second kappa shape index (κ2) is 6.07. The lowest BCUT2D eigenvalue weighted by molar-refractivity contribution is 0.0950. The van der Waals surface area contributed by atoms with Gasteiger partial charge < -0.3 is 5.32 Å². The number of carbonyl (C=O) groups excluding carboxylic acids is 1. The van der Waals surface area contributed by atoms with Crippen molar-refractivity contribution in [1.29, 1.82) is 0 Å². The highest BCUT2D eigenvalue weighted by Crippen LogP contribution is 2.25. The summed E-state index contributed by atoms with van der Waals surface area (Å²) in [5, 5.41) is 7.95. The maximum Gasteiger partial charge on any atom is 0.261 e. The van der Waals surface area contributed by atoms with Crippen molar-refractivity contribution in [2.24, 2.45) is 11.1 Å². The van der Waals surface area contributed by atoms with Crippen LogP contribution < -0.4 is 10.5 Å². The molecule has 20 heavy (non-hydrogen) atoms. The van der Waals surface area contributed by atoms with Gasteiger partial charge in [-0.2, -0.15) is 0 Å². The van der Waals surface area contributed by atoms with Crippen LogP contribution in [0.4, 0.5) is 0 Å². The van der Waals surface area contributed by atoms with Gasteiger partial charge in [0, 0.05) is 6.54 Å². The Morgan fingerprint density at radius 1 is 1.50 bits per heavy atom. The molecule has 1 aromatic rings. The molecule has 0 spiro atoms. The topological polar surface area (TPSA) is 89.3 Å². The number of rotatable bonds is 4. The Kier molecular flexibility index (Phi) is 4.62. The van der Waals surface area contributed by atoms with Crippen molar-refractivity contribution in [2.45, 2.75) is 30.4 Å². The third-order valence-corrected chi connectivity index (χ3v) is 5.97. The van der Waals surface area contributed by atoms with Crippen LogP contribution in [0.25, 0.3) is 0 Å². The van der Waals surface area contributed by atoms with E-state index in [2.05, 4.69) is 17.5 Å². The standard InChI is InChI=1S/C13H18N2O3S2/c1-9-7-11(20(14,17)18)19-12(9)13(16)15-8-10-5-3-2-4-6-10/h2-3,7,10H,4-6,8H2,1H3,(H,15,16)(H2,14,17,18). The van der Waals surface area contributed by atoms with Crippen molar-refractivity contribution in [3.8, 4) is 0 Å². The molecule has 0 fully saturated rings. The van der Waals surface area contributed by atoms with Gasteiger partial charge in [0.1, 0.15) is 4.21 Å². The lowest BCUT2D eigenvalue weighted by Crippen LogP contribution is -2.29. The van der Waals surface area contributed by atoms with Gasteiger partial charge in [-0.1, -0.05) is 12.2 Å². The lowest BCUT2D eigenvalue weighted by Gasteiger charge is -2.17. The van der Waals surface area contributed by atoms with Gasteiger partial charge in [0.25, 0.3) is 5.91 Å². The molecule has 0 saturated heterocycles. The molecule has 1 aromatic heterocycles. The maximum absolute atomic E-state index is 12.1. The number of hydrogen-bond acceptors (Lipinski definition) is 4. The molecule has 1 aliphatic carbocycles. The van der Waals surface area contributed by atoms with E-state index < -0.39 is 10.0 Å². The fourth-order valence-corrected chi connectivity index (χ4v) is 4.05. The van der Waals surface area contributed by atoms with Gasteiger partial charge in [-0.15, -0.1) is 11.3 Å². The Hall–Kier alpha value is -1.18. The van der Waals surface area contributed by atoms with Crippen molar-refractivity contribution in [3.63, 3.8) is 0 Å². The number of aryl methyl sites for hydroxylation is 1. The van der Waals surface area contributed by atoms with Crippen molar-refractivity contribution in [2.75, 3.05) is 6.54 Å². The first-order valence-electron chi connectivity index (χ1n) is 6.44. The Bertz CT molecular complexity index is 632. The van der Waals surface area contributed by atoms with E-state index in [1.807, 2.05) is 0 Å². The minimum Gasteiger partial charge on any atom is -0.351 e. The first-order chi connectivity index (χ1) is 9.38. The van der Waals surface area contributed by atoms with Crippen LogP contribution in [-0.4, -0.2) is 20.9 Å². The molecular formula is C13H18N2O3S2. The Morgan fingerprint density at radius 2 is 2.25 bits per heavy atom. The predicted octanol–water partition coefficient (Wildman–Crippen LogP) is 1.79. The van der Waals surface area contributed by atoms with Gasteiger partial charge in [-0.3, -0.25) is 4.79 Å². The lowest BCUT2D eigenvalue weighted by atomic mass is 9.94. The number of carbonyl (C=O) groups is 1. The highest BCUT2D eigenvalue weighted by atomic mass is 32.2. The van der Waals surface area contributed by atoms with Crippen LogP contribution in [0.1, 0.15) is 34.5 Å². The zero-order valence-electron chi connectivity index (χ0n) is 11.3. The van der Waals surface area contributed by atoms with Crippen molar-refractivity contribution < 1.29 is 13.2 Å². The van der Waals surface area contributed by atoms with Gasteiger partial charge in [0.2, 0.25) is 10.0 Å². The molecule has 5 nitrogen and oxygen atoms in total. The molecule has 1 aliphatic rings. The van der Waals surface area contributed by atoms with Crippen LogP contribution in [0, 0.1) is 12.8 Å². The number of thiophene rings is 1. The second-order valence-corrected chi connectivity index (χ2v) is 7.82. The van der Waals surface area contributed by atoms with E-state index in [0.29, 0.717) is 22.9 Å². The molecule has 1 unspecified atom stereocenters. The molecular weight excluding hydrogens is 296 g/mol. The van der Waals surface area contributed by atoms with E-state index in [1.165, 1.54) is 6.07 Å². The quantitative estimate of drug-likeness (QED) is 0.830. The summed E-state index contributed by atoms with van der Waals surface area (Å²) in [4.78, 5) is 12.5. The first-order valence-corrected chi connectivity index (χ1v) is 8.80. The molecule has 0 aliphatic heterocycles. The van der Waals surface area contributed by atoms with Crippen LogP contribution in [0.5, 0.6) is 0 Å². The Labute approximate surface area is 122 Å². The van der Waals surface area contributed by atoms with Crippen LogP contribution in [0.2, 0.25) is 0 Å². The highest BCUT2D eigenvalue weighted by molar-refractivity contribution is 7.91.